The lowest BCUT2D eigenvalue weighted by Gasteiger charge is -2.18. The maximum absolute atomic E-state index is 13.6. The minimum absolute atomic E-state index is 0.00455. The molecule has 0 amide bonds. The molecule has 1 aromatic carbocycles. The van der Waals surface area contributed by atoms with Crippen LogP contribution in [0.2, 0.25) is 0 Å². The van der Waals surface area contributed by atoms with Crippen LogP contribution in [-0.4, -0.2) is 31.6 Å². The number of nitriles is 1. The number of hydrogen-bond donors (Lipinski definition) is 1. The van der Waals surface area contributed by atoms with Gasteiger partial charge in [0.2, 0.25) is 0 Å². The van der Waals surface area contributed by atoms with E-state index in [-0.39, 0.29) is 23.7 Å². The van der Waals surface area contributed by atoms with Crippen molar-refractivity contribution in [3.8, 4) is 6.07 Å². The maximum Gasteiger partial charge on any atom is 0.131 e. The highest BCUT2D eigenvalue weighted by Crippen LogP contribution is 2.15. The second-order valence-corrected chi connectivity index (χ2v) is 4.57. The smallest absolute Gasteiger partial charge is 0.131 e. The van der Waals surface area contributed by atoms with Gasteiger partial charge in [-0.3, -0.25) is 0 Å². The summed E-state index contributed by atoms with van der Waals surface area (Å²) in [4.78, 5) is 1.99. The van der Waals surface area contributed by atoms with Crippen molar-refractivity contribution in [3.63, 3.8) is 0 Å². The number of nitrogens with zero attached hydrogens (tertiary/aromatic N) is 2. The predicted octanol–water partition coefficient (Wildman–Crippen LogP) is 1.88. The van der Waals surface area contributed by atoms with Crippen molar-refractivity contribution in [3.05, 3.63) is 34.9 Å². The van der Waals surface area contributed by atoms with Crippen LogP contribution in [0.3, 0.4) is 0 Å². The fourth-order valence-corrected chi connectivity index (χ4v) is 1.73. The van der Waals surface area contributed by atoms with E-state index in [2.05, 4.69) is 5.32 Å². The Hall–Kier alpha value is -1.51. The van der Waals surface area contributed by atoms with Crippen molar-refractivity contribution < 1.29 is 8.78 Å². The number of hydrogen-bond acceptors (Lipinski definition) is 3. The third kappa shape index (κ3) is 4.06. The van der Waals surface area contributed by atoms with Crippen LogP contribution in [0.1, 0.15) is 18.1 Å². The largest absolute Gasteiger partial charge is 0.309 e. The minimum Gasteiger partial charge on any atom is -0.309 e. The molecule has 0 radical (unpaired) electrons. The molecular formula is C13H17F2N3. The lowest BCUT2D eigenvalue weighted by Crippen LogP contribution is -2.35. The Labute approximate surface area is 106 Å². The van der Waals surface area contributed by atoms with Gasteiger partial charge in [-0.2, -0.15) is 5.26 Å². The quantitative estimate of drug-likeness (QED) is 0.870. The van der Waals surface area contributed by atoms with Gasteiger partial charge >= 0.3 is 0 Å². The molecule has 5 heteroatoms. The molecule has 0 aliphatic rings. The highest BCUT2D eigenvalue weighted by Gasteiger charge is 2.12. The number of nitrogens with one attached hydrogen (secondary N) is 1. The maximum atomic E-state index is 13.6. The molecule has 0 heterocycles. The summed E-state index contributed by atoms with van der Waals surface area (Å²) in [6.07, 6.45) is 0. The lowest BCUT2D eigenvalue weighted by molar-refractivity contribution is 0.346. The molecule has 1 rings (SSSR count). The van der Waals surface area contributed by atoms with Crippen LogP contribution >= 0.6 is 0 Å². The molecule has 0 aromatic heterocycles. The minimum atomic E-state index is -0.684. The van der Waals surface area contributed by atoms with Gasteiger partial charge in [0.1, 0.15) is 11.6 Å². The van der Waals surface area contributed by atoms with Gasteiger partial charge in [-0.1, -0.05) is 0 Å². The molecule has 18 heavy (non-hydrogen) atoms. The van der Waals surface area contributed by atoms with E-state index in [0.29, 0.717) is 0 Å². The monoisotopic (exact) mass is 253 g/mol. The van der Waals surface area contributed by atoms with Gasteiger partial charge in [0.05, 0.1) is 11.6 Å². The van der Waals surface area contributed by atoms with Crippen LogP contribution in [0, 0.1) is 23.0 Å². The third-order valence-corrected chi connectivity index (χ3v) is 2.54. The van der Waals surface area contributed by atoms with Crippen molar-refractivity contribution in [2.24, 2.45) is 0 Å². The van der Waals surface area contributed by atoms with Crippen molar-refractivity contribution in [1.82, 2.24) is 10.2 Å². The SMILES string of the molecule is CC(CN(C)C)NCc1c(F)cc(C#N)cc1F. The van der Waals surface area contributed by atoms with Crippen LogP contribution in [0.15, 0.2) is 12.1 Å². The summed E-state index contributed by atoms with van der Waals surface area (Å²) in [5, 5.41) is 11.6. The van der Waals surface area contributed by atoms with Crippen LogP contribution in [0.5, 0.6) is 0 Å². The molecule has 0 aliphatic carbocycles. The summed E-state index contributed by atoms with van der Waals surface area (Å²) in [5.41, 5.74) is -0.0327. The molecule has 0 aliphatic heterocycles. The molecule has 1 atom stereocenters. The molecule has 98 valence electrons. The summed E-state index contributed by atoms with van der Waals surface area (Å²) < 4.78 is 27.1. The van der Waals surface area contributed by atoms with Gasteiger partial charge in [-0.05, 0) is 33.2 Å². The Morgan fingerprint density at radius 1 is 1.33 bits per heavy atom. The normalized spacial score (nSPS) is 12.5. The molecule has 1 unspecified atom stereocenters. The van der Waals surface area contributed by atoms with E-state index in [1.807, 2.05) is 25.9 Å². The molecule has 0 saturated carbocycles. The first-order valence-corrected chi connectivity index (χ1v) is 5.70. The van der Waals surface area contributed by atoms with Gasteiger partial charge in [-0.15, -0.1) is 0 Å². The first-order chi connectivity index (χ1) is 8.43. The first kappa shape index (κ1) is 14.6. The first-order valence-electron chi connectivity index (χ1n) is 5.70. The fraction of sp³-hybridized carbons (Fsp3) is 0.462. The fourth-order valence-electron chi connectivity index (χ4n) is 1.73. The van der Waals surface area contributed by atoms with Crippen molar-refractivity contribution >= 4 is 0 Å². The molecular weight excluding hydrogens is 236 g/mol. The molecule has 3 nitrogen and oxygen atoms in total. The predicted molar refractivity (Wildman–Crippen MR) is 65.9 cm³/mol. The van der Waals surface area contributed by atoms with Gasteiger partial charge in [0, 0.05) is 24.7 Å². The molecule has 1 aromatic rings. The van der Waals surface area contributed by atoms with E-state index in [4.69, 9.17) is 5.26 Å². The molecule has 0 bridgehead atoms. The van der Waals surface area contributed by atoms with Gasteiger partial charge < -0.3 is 10.2 Å². The van der Waals surface area contributed by atoms with E-state index >= 15 is 0 Å². The van der Waals surface area contributed by atoms with E-state index in [1.54, 1.807) is 6.07 Å². The van der Waals surface area contributed by atoms with Crippen molar-refractivity contribution in [2.45, 2.75) is 19.5 Å². The van der Waals surface area contributed by atoms with Crippen LogP contribution < -0.4 is 5.32 Å². The zero-order valence-electron chi connectivity index (χ0n) is 10.8. The van der Waals surface area contributed by atoms with Gasteiger partial charge in [0.15, 0.2) is 0 Å². The Morgan fingerprint density at radius 2 is 1.89 bits per heavy atom. The zero-order chi connectivity index (χ0) is 13.7. The third-order valence-electron chi connectivity index (χ3n) is 2.54. The zero-order valence-corrected chi connectivity index (χ0v) is 10.8. The summed E-state index contributed by atoms with van der Waals surface area (Å²) in [7, 11) is 3.86. The van der Waals surface area contributed by atoms with Crippen molar-refractivity contribution in [2.75, 3.05) is 20.6 Å². The number of likely N-dealkylation sites (N-methyl/N-ethyl adjacent to an activating group) is 1. The standard InChI is InChI=1S/C13H17F2N3/c1-9(8-18(2)3)17-7-11-12(14)4-10(6-16)5-13(11)15/h4-5,9,17H,7-8H2,1-3H3. The Morgan fingerprint density at radius 3 is 2.33 bits per heavy atom. The highest BCUT2D eigenvalue weighted by molar-refractivity contribution is 5.34. The number of benzene rings is 1. The number of halogens is 2. The Bertz CT molecular complexity index is 429. The van der Waals surface area contributed by atoms with Crippen molar-refractivity contribution in [1.29, 1.82) is 5.26 Å². The second-order valence-electron chi connectivity index (χ2n) is 4.57. The van der Waals surface area contributed by atoms with E-state index in [1.165, 1.54) is 0 Å². The Balaban J connectivity index is 2.71. The second kappa shape index (κ2) is 6.43. The number of rotatable bonds is 5. The molecule has 0 fully saturated rings. The lowest BCUT2D eigenvalue weighted by atomic mass is 10.1. The summed E-state index contributed by atoms with van der Waals surface area (Å²) in [6.45, 7) is 2.83. The van der Waals surface area contributed by atoms with Crippen LogP contribution in [0.4, 0.5) is 8.78 Å². The molecule has 1 N–H and O–H groups in total. The summed E-state index contributed by atoms with van der Waals surface area (Å²) >= 11 is 0. The van der Waals surface area contributed by atoms with E-state index in [9.17, 15) is 8.78 Å². The average molecular weight is 253 g/mol. The highest BCUT2D eigenvalue weighted by atomic mass is 19.1. The van der Waals surface area contributed by atoms with Gasteiger partial charge in [0.25, 0.3) is 0 Å². The average Bonchev–Trinajstić information content (AvgIpc) is 2.26. The van der Waals surface area contributed by atoms with Crippen LogP contribution in [-0.2, 0) is 6.54 Å². The summed E-state index contributed by atoms with van der Waals surface area (Å²) in [6, 6.07) is 3.94. The molecule has 0 saturated heterocycles. The Kier molecular flexibility index (Phi) is 5.20. The van der Waals surface area contributed by atoms with E-state index in [0.717, 1.165) is 18.7 Å². The van der Waals surface area contributed by atoms with Crippen LogP contribution in [0.25, 0.3) is 0 Å². The van der Waals surface area contributed by atoms with Gasteiger partial charge in [-0.25, -0.2) is 8.78 Å². The summed E-state index contributed by atoms with van der Waals surface area (Å²) in [5.74, 6) is -1.37. The van der Waals surface area contributed by atoms with E-state index < -0.39 is 11.6 Å². The topological polar surface area (TPSA) is 39.1 Å². The molecule has 0 spiro atoms.